The van der Waals surface area contributed by atoms with Crippen molar-refractivity contribution in [1.82, 2.24) is 46.6 Å². The molecule has 2 saturated heterocycles. The van der Waals surface area contributed by atoms with Crippen LogP contribution in [0.3, 0.4) is 0 Å². The van der Waals surface area contributed by atoms with Gasteiger partial charge >= 0.3 is 0 Å². The SMILES string of the molecule is CC(C)C.CC(NC=O)c1ccccc1.CCc1ccccc1.CNC(C)C(=O)NCC(=O)N1CC(NC(=O)c2cc(N)cc(C(=O)N3CCN(C(=O)C(NC(=O)[C@H](C)NC)C(C)(C)C)C3)c2)CC1C(N)=O. The Morgan fingerprint density at radius 3 is 1.83 bits per heavy atom. The van der Waals surface area contributed by atoms with Gasteiger partial charge in [-0.05, 0) is 88.4 Å². The summed E-state index contributed by atoms with van der Waals surface area (Å²) in [6.45, 7) is 19.6. The number of nitrogens with zero attached hydrogens (tertiary/aromatic N) is 3. The fourth-order valence-electron chi connectivity index (χ4n) is 7.21. The fraction of sp³-hybridized carbons (Fsp3) is 0.509. The minimum atomic E-state index is -0.992. The van der Waals surface area contributed by atoms with Crippen LogP contribution < -0.4 is 43.4 Å². The summed E-state index contributed by atoms with van der Waals surface area (Å²) in [5.41, 5.74) is 13.9. The number of primary amides is 1. The Morgan fingerprint density at radius 1 is 0.778 bits per heavy atom. The highest BCUT2D eigenvalue weighted by molar-refractivity contribution is 6.01. The molecule has 2 fully saturated rings. The van der Waals surface area contributed by atoms with Crippen molar-refractivity contribution in [3.63, 3.8) is 0 Å². The normalized spacial score (nSPS) is 16.7. The first-order valence-electron chi connectivity index (χ1n) is 24.5. The first kappa shape index (κ1) is 61.3. The quantitative estimate of drug-likeness (QED) is 0.0764. The zero-order valence-corrected chi connectivity index (χ0v) is 44.3. The van der Waals surface area contributed by atoms with E-state index in [0.29, 0.717) is 0 Å². The Kier molecular flexibility index (Phi) is 25.6. The molecule has 0 saturated carbocycles. The number of aryl methyl sites for hydroxylation is 1. The van der Waals surface area contributed by atoms with Crippen LogP contribution >= 0.6 is 0 Å². The molecular weight excluding hydrogens is 919 g/mol. The molecule has 396 valence electrons. The van der Waals surface area contributed by atoms with Crippen molar-refractivity contribution in [2.24, 2.45) is 17.1 Å². The van der Waals surface area contributed by atoms with Crippen LogP contribution in [-0.2, 0) is 35.2 Å². The molecule has 5 rings (SSSR count). The van der Waals surface area contributed by atoms with Crippen LogP contribution in [0.1, 0.15) is 114 Å². The molecule has 0 spiro atoms. The molecule has 19 heteroatoms. The molecule has 0 aliphatic carbocycles. The molecule has 19 nitrogen and oxygen atoms in total. The molecule has 6 atom stereocenters. The third-order valence-corrected chi connectivity index (χ3v) is 11.7. The molecule has 2 heterocycles. The fourth-order valence-corrected chi connectivity index (χ4v) is 7.21. The summed E-state index contributed by atoms with van der Waals surface area (Å²) in [6, 6.07) is 21.1. The van der Waals surface area contributed by atoms with Crippen molar-refractivity contribution in [3.05, 3.63) is 101 Å². The van der Waals surface area contributed by atoms with Gasteiger partial charge in [0.1, 0.15) is 12.1 Å². The third kappa shape index (κ3) is 20.1. The molecule has 5 unspecified atom stereocenters. The van der Waals surface area contributed by atoms with Gasteiger partial charge in [-0.15, -0.1) is 0 Å². The molecule has 2 aliphatic rings. The van der Waals surface area contributed by atoms with Gasteiger partial charge in [-0.3, -0.25) is 38.4 Å². The van der Waals surface area contributed by atoms with Crippen LogP contribution in [-0.4, -0.2) is 140 Å². The topological polar surface area (TPSA) is 271 Å². The van der Waals surface area contributed by atoms with Gasteiger partial charge in [0, 0.05) is 42.5 Å². The van der Waals surface area contributed by atoms with E-state index in [1.165, 1.54) is 38.5 Å². The molecular formula is C53H81N11O8. The number of amides is 8. The molecule has 72 heavy (non-hydrogen) atoms. The number of hydrogen-bond donors (Lipinski definition) is 8. The predicted octanol–water partition coefficient (Wildman–Crippen LogP) is 2.96. The lowest BCUT2D eigenvalue weighted by Gasteiger charge is -2.34. The van der Waals surface area contributed by atoms with Gasteiger partial charge in [-0.25, -0.2) is 0 Å². The highest BCUT2D eigenvalue weighted by atomic mass is 16.2. The highest BCUT2D eigenvalue weighted by Crippen LogP contribution is 2.24. The van der Waals surface area contributed by atoms with E-state index < -0.39 is 65.2 Å². The first-order valence-corrected chi connectivity index (χ1v) is 24.5. The Hall–Kier alpha value is -6.86. The van der Waals surface area contributed by atoms with Gasteiger partial charge in [0.15, 0.2) is 0 Å². The molecule has 10 N–H and O–H groups in total. The molecule has 0 radical (unpaired) electrons. The molecule has 3 aromatic carbocycles. The summed E-state index contributed by atoms with van der Waals surface area (Å²) in [5.74, 6) is -2.52. The second-order valence-electron chi connectivity index (χ2n) is 19.6. The van der Waals surface area contributed by atoms with Gasteiger partial charge < -0.3 is 58.1 Å². The third-order valence-electron chi connectivity index (χ3n) is 11.7. The molecule has 2 aliphatic heterocycles. The lowest BCUT2D eigenvalue weighted by Crippen LogP contribution is -2.57. The number of nitrogens with two attached hydrogens (primary N) is 2. The van der Waals surface area contributed by atoms with Gasteiger partial charge in [-0.2, -0.15) is 0 Å². The number of carbonyl (C=O) groups excluding carboxylic acids is 8. The first-order chi connectivity index (χ1) is 33.9. The van der Waals surface area contributed by atoms with E-state index >= 15 is 0 Å². The van der Waals surface area contributed by atoms with E-state index in [9.17, 15) is 38.4 Å². The van der Waals surface area contributed by atoms with Crippen molar-refractivity contribution >= 4 is 53.4 Å². The maximum Gasteiger partial charge on any atom is 0.255 e. The molecule has 3 aromatic rings. The number of rotatable bonds is 16. The largest absolute Gasteiger partial charge is 0.399 e. The number of nitrogen functional groups attached to an aromatic ring is 1. The van der Waals surface area contributed by atoms with E-state index in [1.807, 2.05) is 64.1 Å². The van der Waals surface area contributed by atoms with E-state index in [1.54, 1.807) is 27.9 Å². The number of hydrogen-bond acceptors (Lipinski definition) is 11. The smallest absolute Gasteiger partial charge is 0.255 e. The molecule has 0 aromatic heterocycles. The number of carbonyl (C=O) groups is 8. The maximum atomic E-state index is 13.6. The van der Waals surface area contributed by atoms with Crippen molar-refractivity contribution in [1.29, 1.82) is 0 Å². The van der Waals surface area contributed by atoms with Gasteiger partial charge in [0.05, 0.1) is 31.3 Å². The van der Waals surface area contributed by atoms with Crippen LogP contribution in [0.5, 0.6) is 0 Å². The minimum absolute atomic E-state index is 0.0210. The standard InChI is InChI=1S/C32H50N10O7.C9H11NO.C8H10.C4H10/c1-17(35-6)27(45)37-14-24(43)42-15-22(13-23(42)26(34)44)38-29(47)19-10-20(12-21(33)11-19)30(48)40-8-9-41(16-40)31(49)25(32(3,4)5)39-28(46)18(2)36-7;1-8(10-7-11)9-5-3-2-4-6-9;1-2-8-6-4-3-5-7-8;1-4(2)3/h10-12,17-18,22-23,25,35-36H,8-9,13-16,33H2,1-7H3,(H2,34,44)(H,37,45)(H,38,47)(H,39,46);2-8H,1H3,(H,10,11);3-7H,2H2,1H3;4H,1-3H3/t17?,18-,22?,23?,25?;;;/m0.../s1. The van der Waals surface area contributed by atoms with Crippen molar-refractivity contribution < 1.29 is 38.4 Å². The molecule has 8 amide bonds. The average Bonchev–Trinajstić information content (AvgIpc) is 4.03. The maximum absolute atomic E-state index is 13.6. The summed E-state index contributed by atoms with van der Waals surface area (Å²) >= 11 is 0. The minimum Gasteiger partial charge on any atom is -0.399 e. The second-order valence-corrected chi connectivity index (χ2v) is 19.6. The van der Waals surface area contributed by atoms with Gasteiger partial charge in [0.25, 0.3) is 11.8 Å². The van der Waals surface area contributed by atoms with E-state index in [-0.39, 0.29) is 73.9 Å². The zero-order valence-electron chi connectivity index (χ0n) is 44.3. The Labute approximate surface area is 426 Å². The lowest BCUT2D eigenvalue weighted by molar-refractivity contribution is -0.139. The summed E-state index contributed by atoms with van der Waals surface area (Å²) < 4.78 is 0. The summed E-state index contributed by atoms with van der Waals surface area (Å²) in [4.78, 5) is 104. The predicted molar refractivity (Wildman–Crippen MR) is 281 cm³/mol. The average molecular weight is 1000 g/mol. The Balaban J connectivity index is 0.000000625. The van der Waals surface area contributed by atoms with Crippen LogP contribution in [0.2, 0.25) is 0 Å². The Morgan fingerprint density at radius 2 is 1.32 bits per heavy atom. The lowest BCUT2D eigenvalue weighted by atomic mass is 9.85. The Bertz CT molecular complexity index is 2240. The number of nitrogens with one attached hydrogen (secondary N) is 6. The number of benzene rings is 3. The summed E-state index contributed by atoms with van der Waals surface area (Å²) in [7, 11) is 3.25. The number of likely N-dealkylation sites (tertiary alicyclic amines) is 1. The van der Waals surface area contributed by atoms with Crippen molar-refractivity contribution in [3.8, 4) is 0 Å². The molecule has 0 bridgehead atoms. The number of likely N-dealkylation sites (N-methyl/N-ethyl adjacent to an activating group) is 2. The van der Waals surface area contributed by atoms with Crippen LogP contribution in [0.25, 0.3) is 0 Å². The van der Waals surface area contributed by atoms with Crippen LogP contribution in [0.4, 0.5) is 5.69 Å². The van der Waals surface area contributed by atoms with Gasteiger partial charge in [0.2, 0.25) is 35.9 Å². The van der Waals surface area contributed by atoms with E-state index in [0.717, 1.165) is 24.3 Å². The van der Waals surface area contributed by atoms with Crippen molar-refractivity contribution in [2.45, 2.75) is 118 Å². The summed E-state index contributed by atoms with van der Waals surface area (Å²) in [6.07, 6.45) is 1.92. The van der Waals surface area contributed by atoms with E-state index in [4.69, 9.17) is 11.5 Å². The second kappa shape index (κ2) is 30.1. The number of anilines is 1. The van der Waals surface area contributed by atoms with E-state index in [2.05, 4.69) is 83.9 Å². The van der Waals surface area contributed by atoms with Crippen LogP contribution in [0, 0.1) is 11.3 Å². The van der Waals surface area contributed by atoms with Crippen molar-refractivity contribution in [2.75, 3.05) is 52.7 Å². The van der Waals surface area contributed by atoms with Gasteiger partial charge in [-0.1, -0.05) is 109 Å². The zero-order chi connectivity index (χ0) is 54.3. The van der Waals surface area contributed by atoms with Crippen LogP contribution in [0.15, 0.2) is 78.9 Å². The monoisotopic (exact) mass is 1000 g/mol. The summed E-state index contributed by atoms with van der Waals surface area (Å²) in [5, 5.41) is 16.4. The highest BCUT2D eigenvalue weighted by Gasteiger charge is 2.41.